The molecule has 3 rings (SSSR count). The molecule has 0 radical (unpaired) electrons. The molecular formula is C19H24N2. The maximum Gasteiger partial charge on any atom is 0.0227 e. The van der Waals surface area contributed by atoms with E-state index in [4.69, 9.17) is 0 Å². The van der Waals surface area contributed by atoms with Gasteiger partial charge in [-0.2, -0.15) is 0 Å². The van der Waals surface area contributed by atoms with Crippen molar-refractivity contribution in [3.05, 3.63) is 58.7 Å². The lowest BCUT2D eigenvalue weighted by Gasteiger charge is -2.13. The summed E-state index contributed by atoms with van der Waals surface area (Å²) >= 11 is 0. The summed E-state index contributed by atoms with van der Waals surface area (Å²) in [7, 11) is 8.49. The highest BCUT2D eigenvalue weighted by atomic mass is 15.1. The lowest BCUT2D eigenvalue weighted by atomic mass is 10.0. The molecule has 0 heterocycles. The lowest BCUT2D eigenvalue weighted by Crippen LogP contribution is -2.10. The largest absolute Gasteiger partial charge is 0.305 e. The van der Waals surface area contributed by atoms with E-state index in [1.54, 1.807) is 0 Å². The Labute approximate surface area is 128 Å². The van der Waals surface area contributed by atoms with Crippen LogP contribution < -0.4 is 0 Å². The number of fused-ring (bicyclic) bond motifs is 3. The maximum absolute atomic E-state index is 2.38. The molecule has 21 heavy (non-hydrogen) atoms. The number of benzene rings is 2. The topological polar surface area (TPSA) is 6.48 Å². The third-order valence-corrected chi connectivity index (χ3v) is 4.02. The lowest BCUT2D eigenvalue weighted by molar-refractivity contribution is 0.402. The van der Waals surface area contributed by atoms with Crippen LogP contribution in [0.3, 0.4) is 0 Å². The Hall–Kier alpha value is -1.64. The molecule has 2 nitrogen and oxygen atoms in total. The molecule has 2 aromatic rings. The first-order valence-electron chi connectivity index (χ1n) is 7.56. The second-order valence-electron chi connectivity index (χ2n) is 6.64. The normalized spacial score (nSPS) is 12.9. The van der Waals surface area contributed by atoms with Crippen molar-refractivity contribution in [3.8, 4) is 11.1 Å². The number of rotatable bonds is 4. The van der Waals surface area contributed by atoms with Gasteiger partial charge in [0.05, 0.1) is 0 Å². The first kappa shape index (κ1) is 14.3. The molecule has 0 atom stereocenters. The quantitative estimate of drug-likeness (QED) is 0.723. The minimum atomic E-state index is 1.00. The van der Waals surface area contributed by atoms with Crippen LogP contribution in [0.2, 0.25) is 0 Å². The van der Waals surface area contributed by atoms with Gasteiger partial charge < -0.3 is 9.80 Å². The van der Waals surface area contributed by atoms with E-state index >= 15 is 0 Å². The molecule has 0 aromatic heterocycles. The Morgan fingerprint density at radius 3 is 1.52 bits per heavy atom. The summed E-state index contributed by atoms with van der Waals surface area (Å²) in [6, 6.07) is 13.9. The Balaban J connectivity index is 1.98. The van der Waals surface area contributed by atoms with Gasteiger partial charge in [-0.25, -0.2) is 0 Å². The summed E-state index contributed by atoms with van der Waals surface area (Å²) in [5, 5.41) is 0. The fourth-order valence-corrected chi connectivity index (χ4v) is 3.19. The molecule has 0 saturated carbocycles. The smallest absolute Gasteiger partial charge is 0.0227 e. The second kappa shape index (κ2) is 5.63. The van der Waals surface area contributed by atoms with Crippen LogP contribution in [0.4, 0.5) is 0 Å². The predicted molar refractivity (Wildman–Crippen MR) is 89.5 cm³/mol. The van der Waals surface area contributed by atoms with Crippen LogP contribution in [0.25, 0.3) is 11.1 Å². The van der Waals surface area contributed by atoms with E-state index in [2.05, 4.69) is 74.4 Å². The van der Waals surface area contributed by atoms with Crippen molar-refractivity contribution >= 4 is 0 Å². The van der Waals surface area contributed by atoms with Crippen LogP contribution >= 0.6 is 0 Å². The maximum atomic E-state index is 2.38. The molecule has 0 unspecified atom stereocenters. The van der Waals surface area contributed by atoms with Crippen molar-refractivity contribution < 1.29 is 0 Å². The minimum Gasteiger partial charge on any atom is -0.305 e. The van der Waals surface area contributed by atoms with Gasteiger partial charge in [0.25, 0.3) is 0 Å². The molecule has 2 heteroatoms. The molecular weight excluding hydrogens is 256 g/mol. The highest BCUT2D eigenvalue weighted by Crippen LogP contribution is 2.37. The molecule has 2 aromatic carbocycles. The van der Waals surface area contributed by atoms with E-state index < -0.39 is 0 Å². The Bertz CT molecular complexity index is 599. The zero-order chi connectivity index (χ0) is 15.0. The summed E-state index contributed by atoms with van der Waals surface area (Å²) in [6.07, 6.45) is 1.08. The van der Waals surface area contributed by atoms with Crippen LogP contribution in [0.1, 0.15) is 22.3 Å². The highest BCUT2D eigenvalue weighted by Gasteiger charge is 2.19. The van der Waals surface area contributed by atoms with E-state index in [1.165, 1.54) is 33.4 Å². The molecule has 0 bridgehead atoms. The van der Waals surface area contributed by atoms with Crippen molar-refractivity contribution in [2.45, 2.75) is 19.5 Å². The summed E-state index contributed by atoms with van der Waals surface area (Å²) in [6.45, 7) is 2.00. The van der Waals surface area contributed by atoms with Crippen LogP contribution in [0, 0.1) is 0 Å². The summed E-state index contributed by atoms with van der Waals surface area (Å²) in [4.78, 5) is 4.44. The number of nitrogens with zero attached hydrogens (tertiary/aromatic N) is 2. The van der Waals surface area contributed by atoms with Gasteiger partial charge in [0.1, 0.15) is 0 Å². The summed E-state index contributed by atoms with van der Waals surface area (Å²) in [5.74, 6) is 0. The van der Waals surface area contributed by atoms with Gasteiger partial charge in [-0.1, -0.05) is 24.3 Å². The predicted octanol–water partition coefficient (Wildman–Crippen LogP) is 3.38. The van der Waals surface area contributed by atoms with Crippen molar-refractivity contribution in [2.24, 2.45) is 0 Å². The number of hydrogen-bond donors (Lipinski definition) is 0. The Morgan fingerprint density at radius 1 is 0.714 bits per heavy atom. The number of hydrogen-bond acceptors (Lipinski definition) is 2. The van der Waals surface area contributed by atoms with Crippen LogP contribution in [-0.4, -0.2) is 38.0 Å². The zero-order valence-corrected chi connectivity index (χ0v) is 13.5. The molecule has 0 N–H and O–H groups in total. The van der Waals surface area contributed by atoms with Gasteiger partial charge in [0.15, 0.2) is 0 Å². The third kappa shape index (κ3) is 3.02. The van der Waals surface area contributed by atoms with E-state index in [0.717, 1.165) is 19.5 Å². The molecule has 1 aliphatic rings. The van der Waals surface area contributed by atoms with Gasteiger partial charge in [-0.3, -0.25) is 0 Å². The SMILES string of the molecule is CN(C)Cc1ccc2c(c1)-c1cc(CN(C)C)ccc1C2. The van der Waals surface area contributed by atoms with E-state index in [-0.39, 0.29) is 0 Å². The van der Waals surface area contributed by atoms with Gasteiger partial charge in [0, 0.05) is 13.1 Å². The molecule has 0 aliphatic heterocycles. The van der Waals surface area contributed by atoms with E-state index in [1.807, 2.05) is 0 Å². The molecule has 1 aliphatic carbocycles. The van der Waals surface area contributed by atoms with Crippen molar-refractivity contribution in [3.63, 3.8) is 0 Å². The molecule has 0 amide bonds. The van der Waals surface area contributed by atoms with Gasteiger partial charge in [0.2, 0.25) is 0 Å². The van der Waals surface area contributed by atoms with Crippen LogP contribution in [-0.2, 0) is 19.5 Å². The van der Waals surface area contributed by atoms with Gasteiger partial charge >= 0.3 is 0 Å². The first-order valence-corrected chi connectivity index (χ1v) is 7.56. The Kier molecular flexibility index (Phi) is 3.83. The molecule has 0 saturated heterocycles. The van der Waals surface area contributed by atoms with Gasteiger partial charge in [-0.05, 0) is 80.1 Å². The first-order chi connectivity index (χ1) is 10.0. The Morgan fingerprint density at radius 2 is 1.14 bits per heavy atom. The standard InChI is InChI=1S/C19H24N2/c1-20(2)12-14-5-7-16-11-17-8-6-15(13-21(3)4)10-19(17)18(16)9-14/h5-10H,11-13H2,1-4H3. The average Bonchev–Trinajstić information content (AvgIpc) is 2.75. The highest BCUT2D eigenvalue weighted by molar-refractivity contribution is 5.77. The molecule has 0 fully saturated rings. The second-order valence-corrected chi connectivity index (χ2v) is 6.64. The fourth-order valence-electron chi connectivity index (χ4n) is 3.19. The zero-order valence-electron chi connectivity index (χ0n) is 13.5. The molecule has 0 spiro atoms. The van der Waals surface area contributed by atoms with Crippen LogP contribution in [0.5, 0.6) is 0 Å². The summed E-state index contributed by atoms with van der Waals surface area (Å²) in [5.41, 5.74) is 8.59. The van der Waals surface area contributed by atoms with Crippen molar-refractivity contribution in [1.29, 1.82) is 0 Å². The van der Waals surface area contributed by atoms with Crippen LogP contribution in [0.15, 0.2) is 36.4 Å². The monoisotopic (exact) mass is 280 g/mol. The minimum absolute atomic E-state index is 1.00. The summed E-state index contributed by atoms with van der Waals surface area (Å²) < 4.78 is 0. The van der Waals surface area contributed by atoms with Crippen molar-refractivity contribution in [1.82, 2.24) is 9.80 Å². The third-order valence-electron chi connectivity index (χ3n) is 4.02. The van der Waals surface area contributed by atoms with Crippen molar-refractivity contribution in [2.75, 3.05) is 28.2 Å². The van der Waals surface area contributed by atoms with Gasteiger partial charge in [-0.15, -0.1) is 0 Å². The van der Waals surface area contributed by atoms with E-state index in [9.17, 15) is 0 Å². The fraction of sp³-hybridized carbons (Fsp3) is 0.368. The molecule has 110 valence electrons. The average molecular weight is 280 g/mol. The van der Waals surface area contributed by atoms with E-state index in [0.29, 0.717) is 0 Å².